The second-order valence-corrected chi connectivity index (χ2v) is 8.47. The van der Waals surface area contributed by atoms with Crippen molar-refractivity contribution in [2.45, 2.75) is 45.6 Å². The summed E-state index contributed by atoms with van der Waals surface area (Å²) in [5.74, 6) is 1.48. The van der Waals surface area contributed by atoms with Gasteiger partial charge in [-0.3, -0.25) is 5.10 Å². The van der Waals surface area contributed by atoms with Gasteiger partial charge in [0.25, 0.3) is 0 Å². The normalized spacial score (nSPS) is 14.8. The number of anilines is 1. The van der Waals surface area contributed by atoms with Crippen molar-refractivity contribution in [3.63, 3.8) is 0 Å². The molecule has 12 heteroatoms. The van der Waals surface area contributed by atoms with Gasteiger partial charge < -0.3 is 18.9 Å². The molecule has 178 valence electrons. The first kappa shape index (κ1) is 22.0. The van der Waals surface area contributed by atoms with E-state index in [0.717, 1.165) is 12.8 Å². The van der Waals surface area contributed by atoms with Crippen molar-refractivity contribution < 1.29 is 18.4 Å². The Bertz CT molecular complexity index is 1310. The van der Waals surface area contributed by atoms with Crippen LogP contribution >= 0.6 is 0 Å². The second-order valence-electron chi connectivity index (χ2n) is 8.47. The van der Waals surface area contributed by atoms with Gasteiger partial charge in [0.15, 0.2) is 5.82 Å². The van der Waals surface area contributed by atoms with E-state index in [1.807, 2.05) is 13.8 Å². The summed E-state index contributed by atoms with van der Waals surface area (Å²) in [6.07, 6.45) is 2.82. The first-order chi connectivity index (χ1) is 16.4. The van der Waals surface area contributed by atoms with E-state index in [0.29, 0.717) is 53.4 Å². The number of rotatable bonds is 6. The zero-order chi connectivity index (χ0) is 23.8. The van der Waals surface area contributed by atoms with Crippen LogP contribution in [0.1, 0.15) is 44.3 Å². The highest BCUT2D eigenvalue weighted by atomic mass is 19.1. The summed E-state index contributed by atoms with van der Waals surface area (Å²) in [5.41, 5.74) is 1.53. The summed E-state index contributed by atoms with van der Waals surface area (Å²) >= 11 is 0. The van der Waals surface area contributed by atoms with Crippen molar-refractivity contribution >= 4 is 17.0 Å². The number of aromatic amines is 1. The van der Waals surface area contributed by atoms with E-state index in [2.05, 4.69) is 40.2 Å². The van der Waals surface area contributed by atoms with Crippen LogP contribution in [-0.2, 0) is 0 Å². The number of ether oxygens (including phenoxy) is 2. The minimum atomic E-state index is -0.506. The fourth-order valence-corrected chi connectivity index (χ4v) is 3.87. The van der Waals surface area contributed by atoms with Crippen LogP contribution in [-0.4, -0.2) is 61.6 Å². The van der Waals surface area contributed by atoms with Gasteiger partial charge in [0.2, 0.25) is 11.8 Å². The molecule has 0 bridgehead atoms. The minimum absolute atomic E-state index is 0.0626. The molecule has 34 heavy (non-hydrogen) atoms. The Morgan fingerprint density at radius 2 is 2.00 bits per heavy atom. The molecule has 0 aliphatic carbocycles. The van der Waals surface area contributed by atoms with E-state index in [1.165, 1.54) is 19.4 Å². The third-order valence-electron chi connectivity index (χ3n) is 5.72. The number of fused-ring (bicyclic) bond motifs is 1. The lowest BCUT2D eigenvalue weighted by Gasteiger charge is -2.30. The molecular weight excluding hydrogens is 443 g/mol. The van der Waals surface area contributed by atoms with Crippen LogP contribution in [0.2, 0.25) is 0 Å². The molecule has 4 aromatic rings. The van der Waals surface area contributed by atoms with E-state index >= 15 is 0 Å². The Morgan fingerprint density at radius 1 is 1.21 bits per heavy atom. The summed E-state index contributed by atoms with van der Waals surface area (Å²) in [6.45, 7) is 7.25. The average Bonchev–Trinajstić information content (AvgIpc) is 3.47. The zero-order valence-electron chi connectivity index (χ0n) is 19.4. The van der Waals surface area contributed by atoms with E-state index in [4.69, 9.17) is 14.0 Å². The quantitative estimate of drug-likeness (QED) is 0.449. The number of aromatic nitrogens is 7. The van der Waals surface area contributed by atoms with Gasteiger partial charge in [-0.25, -0.2) is 14.4 Å². The Morgan fingerprint density at radius 3 is 2.68 bits per heavy atom. The molecule has 1 aliphatic heterocycles. The van der Waals surface area contributed by atoms with E-state index < -0.39 is 5.82 Å². The second kappa shape index (κ2) is 8.84. The molecule has 5 heterocycles. The number of pyridine rings is 1. The lowest BCUT2D eigenvalue weighted by molar-refractivity contribution is 0.163. The van der Waals surface area contributed by atoms with Gasteiger partial charge in [-0.05, 0) is 6.92 Å². The summed E-state index contributed by atoms with van der Waals surface area (Å²) in [6, 6.07) is 1.75. The maximum atomic E-state index is 14.7. The average molecular weight is 468 g/mol. The molecule has 1 fully saturated rings. The summed E-state index contributed by atoms with van der Waals surface area (Å²) < 4.78 is 31.3. The summed E-state index contributed by atoms with van der Waals surface area (Å²) in [5, 5.41) is 11.2. The van der Waals surface area contributed by atoms with Crippen LogP contribution in [0.4, 0.5) is 10.4 Å². The van der Waals surface area contributed by atoms with Gasteiger partial charge in [-0.2, -0.15) is 15.1 Å². The number of hydrogen-bond acceptors (Lipinski definition) is 10. The Kier molecular flexibility index (Phi) is 5.72. The topological polar surface area (TPSA) is 128 Å². The van der Waals surface area contributed by atoms with Crippen molar-refractivity contribution in [3.8, 4) is 23.0 Å². The maximum absolute atomic E-state index is 14.7. The smallest absolute Gasteiger partial charge is 0.324 e. The van der Waals surface area contributed by atoms with Gasteiger partial charge in [0, 0.05) is 44.1 Å². The van der Waals surface area contributed by atoms with Crippen molar-refractivity contribution in [1.29, 1.82) is 0 Å². The van der Waals surface area contributed by atoms with Crippen LogP contribution < -0.4 is 14.4 Å². The third kappa shape index (κ3) is 4.11. The molecular formula is C22H25FN8O3. The Hall–Kier alpha value is -3.83. The molecule has 0 aromatic carbocycles. The van der Waals surface area contributed by atoms with Gasteiger partial charge in [0.05, 0.1) is 12.7 Å². The predicted octanol–water partition coefficient (Wildman–Crippen LogP) is 3.43. The first-order valence-electron chi connectivity index (χ1n) is 11.1. The number of nitrogens with zero attached hydrogens (tertiary/aromatic N) is 7. The fourth-order valence-electron chi connectivity index (χ4n) is 3.87. The van der Waals surface area contributed by atoms with Crippen LogP contribution in [0, 0.1) is 12.7 Å². The number of methoxy groups -OCH3 is 1. The fraction of sp³-hybridized carbons (Fsp3) is 0.455. The van der Waals surface area contributed by atoms with Crippen LogP contribution in [0.15, 0.2) is 16.8 Å². The largest absolute Gasteiger partial charge is 0.481 e. The molecule has 5 rings (SSSR count). The molecule has 11 nitrogen and oxygen atoms in total. The lowest BCUT2D eigenvalue weighted by atomic mass is 10.1. The zero-order valence-corrected chi connectivity index (χ0v) is 19.4. The first-order valence-corrected chi connectivity index (χ1v) is 11.1. The molecule has 1 aliphatic rings. The van der Waals surface area contributed by atoms with E-state index in [1.54, 1.807) is 6.92 Å². The van der Waals surface area contributed by atoms with Gasteiger partial charge in [0.1, 0.15) is 34.5 Å². The molecule has 0 spiro atoms. The minimum Gasteiger partial charge on any atom is -0.481 e. The number of halogens is 1. The lowest BCUT2D eigenvalue weighted by Crippen LogP contribution is -2.38. The van der Waals surface area contributed by atoms with E-state index in [9.17, 15) is 4.39 Å². The van der Waals surface area contributed by atoms with Crippen LogP contribution in [0.25, 0.3) is 22.3 Å². The van der Waals surface area contributed by atoms with Gasteiger partial charge >= 0.3 is 6.01 Å². The van der Waals surface area contributed by atoms with Crippen molar-refractivity contribution in [1.82, 2.24) is 35.3 Å². The molecule has 1 N–H and O–H groups in total. The van der Waals surface area contributed by atoms with Crippen molar-refractivity contribution in [3.05, 3.63) is 29.7 Å². The van der Waals surface area contributed by atoms with Gasteiger partial charge in [-0.15, -0.1) is 0 Å². The van der Waals surface area contributed by atoms with Gasteiger partial charge in [-0.1, -0.05) is 19.0 Å². The maximum Gasteiger partial charge on any atom is 0.324 e. The molecule has 1 saturated heterocycles. The van der Waals surface area contributed by atoms with E-state index in [-0.39, 0.29) is 23.5 Å². The molecule has 0 saturated carbocycles. The Balaban J connectivity index is 1.35. The standard InChI is InChI=1S/C22H25FN8O3/c1-11(2)20-27-22(34-30-20)31-7-5-13(6-8-31)33-21-19-18(25-12(3)26-21)17(28-29-19)14-10-24-16(32-4)9-15(14)23/h9-11,13H,5-8H2,1-4H3,(H,28,29). The molecule has 4 aromatic heterocycles. The third-order valence-corrected chi connectivity index (χ3v) is 5.72. The Labute approximate surface area is 194 Å². The number of nitrogens with one attached hydrogen (secondary N) is 1. The van der Waals surface area contributed by atoms with Crippen LogP contribution in [0.3, 0.4) is 0 Å². The number of H-pyrrole nitrogens is 1. The highest BCUT2D eigenvalue weighted by molar-refractivity contribution is 5.92. The SMILES string of the molecule is COc1cc(F)c(-c2n[nH]c3c(OC4CCN(c5nc(C(C)C)no5)CC4)nc(C)nc23)cn1. The summed E-state index contributed by atoms with van der Waals surface area (Å²) in [4.78, 5) is 19.6. The molecule has 0 unspecified atom stereocenters. The summed E-state index contributed by atoms with van der Waals surface area (Å²) in [7, 11) is 1.43. The molecule has 0 amide bonds. The number of piperidine rings is 1. The van der Waals surface area contributed by atoms with Crippen molar-refractivity contribution in [2.24, 2.45) is 0 Å². The highest BCUT2D eigenvalue weighted by Crippen LogP contribution is 2.32. The highest BCUT2D eigenvalue weighted by Gasteiger charge is 2.27. The predicted molar refractivity (Wildman–Crippen MR) is 120 cm³/mol. The van der Waals surface area contributed by atoms with Crippen LogP contribution in [0.5, 0.6) is 11.8 Å². The number of aryl methyl sites for hydroxylation is 1. The monoisotopic (exact) mass is 468 g/mol. The molecule has 0 radical (unpaired) electrons. The molecule has 0 atom stereocenters. The number of hydrogen-bond donors (Lipinski definition) is 1. The van der Waals surface area contributed by atoms with Crippen molar-refractivity contribution in [2.75, 3.05) is 25.1 Å².